The predicted molar refractivity (Wildman–Crippen MR) is 107 cm³/mol. The Morgan fingerprint density at radius 3 is 2.62 bits per heavy atom. The highest BCUT2D eigenvalue weighted by Gasteiger charge is 2.38. The Labute approximate surface area is 177 Å². The van der Waals surface area contributed by atoms with E-state index in [0.717, 1.165) is 41.9 Å². The van der Waals surface area contributed by atoms with Crippen LogP contribution in [-0.4, -0.2) is 55.1 Å². The maximum atomic E-state index is 10.6. The number of fused-ring (bicyclic) bond motifs is 2. The lowest BCUT2D eigenvalue weighted by Crippen LogP contribution is -2.44. The molecule has 1 aromatic carbocycles. The summed E-state index contributed by atoms with van der Waals surface area (Å²) < 4.78 is 39.0. The van der Waals surface area contributed by atoms with Crippen molar-refractivity contribution < 1.29 is 27.5 Å². The molecule has 11 nitrogen and oxygen atoms in total. The number of rotatable bonds is 3. The Bertz CT molecular complexity index is 1300. The Balaban J connectivity index is 0.000000307. The fourth-order valence-electron chi connectivity index (χ4n) is 3.17. The van der Waals surface area contributed by atoms with Gasteiger partial charge in [-0.2, -0.15) is 23.3 Å². The van der Waals surface area contributed by atoms with Crippen LogP contribution in [0.15, 0.2) is 28.9 Å². The van der Waals surface area contributed by atoms with Crippen LogP contribution >= 0.6 is 0 Å². The Morgan fingerprint density at radius 1 is 1.28 bits per heavy atom. The van der Waals surface area contributed by atoms with E-state index in [2.05, 4.69) is 20.3 Å². The van der Waals surface area contributed by atoms with Crippen molar-refractivity contribution >= 4 is 39.9 Å². The smallest absolute Gasteiger partial charge is 0.475 e. The molecule has 0 unspecified atom stereocenters. The number of hydrogen-bond donors (Lipinski definition) is 4. The van der Waals surface area contributed by atoms with Crippen molar-refractivity contribution in [2.24, 2.45) is 5.92 Å². The van der Waals surface area contributed by atoms with Gasteiger partial charge in [0.25, 0.3) is 6.01 Å². The van der Waals surface area contributed by atoms with Crippen LogP contribution in [-0.2, 0) is 11.3 Å². The molecule has 0 amide bonds. The summed E-state index contributed by atoms with van der Waals surface area (Å²) in [6.45, 7) is 2.77. The Hall–Kier alpha value is -3.94. The van der Waals surface area contributed by atoms with Crippen LogP contribution in [0.2, 0.25) is 0 Å². The van der Waals surface area contributed by atoms with E-state index in [1.807, 2.05) is 22.9 Å². The van der Waals surface area contributed by atoms with Crippen molar-refractivity contribution in [3.63, 3.8) is 0 Å². The van der Waals surface area contributed by atoms with Gasteiger partial charge in [0.05, 0.1) is 5.39 Å². The van der Waals surface area contributed by atoms with E-state index in [1.54, 1.807) is 0 Å². The van der Waals surface area contributed by atoms with Crippen LogP contribution in [0.25, 0.3) is 33.4 Å². The quantitative estimate of drug-likeness (QED) is 0.360. The van der Waals surface area contributed by atoms with Crippen LogP contribution in [0.5, 0.6) is 0 Å². The van der Waals surface area contributed by atoms with Gasteiger partial charge in [0.2, 0.25) is 0 Å². The van der Waals surface area contributed by atoms with Gasteiger partial charge < -0.3 is 26.3 Å². The number of carbonyl (C=O) groups is 1. The molecule has 0 atom stereocenters. The number of nitrogen functional groups attached to an aromatic ring is 2. The molecule has 0 radical (unpaired) electrons. The molecular formula is C18H17F3N8O3. The predicted octanol–water partition coefficient (Wildman–Crippen LogP) is 1.65. The first-order valence-electron chi connectivity index (χ1n) is 9.27. The number of carboxylic acids is 1. The normalized spacial score (nSPS) is 14.2. The number of nitrogens with one attached hydrogen (secondary N) is 1. The SMILES string of the molecule is Nc1nc2cc(-c3nn(CC4CNC4)c4ncnc(N)c34)ccc2o1.O=C(O)C(F)(F)F. The van der Waals surface area contributed by atoms with Crippen molar-refractivity contribution in [1.82, 2.24) is 30.0 Å². The summed E-state index contributed by atoms with van der Waals surface area (Å²) in [4.78, 5) is 21.6. The number of aromatic nitrogens is 5. The molecule has 1 aliphatic rings. The largest absolute Gasteiger partial charge is 0.490 e. The highest BCUT2D eigenvalue weighted by Crippen LogP contribution is 2.32. The molecule has 32 heavy (non-hydrogen) atoms. The van der Waals surface area contributed by atoms with Crippen LogP contribution in [0, 0.1) is 5.92 Å². The lowest BCUT2D eigenvalue weighted by molar-refractivity contribution is -0.192. The maximum Gasteiger partial charge on any atom is 0.490 e. The number of benzene rings is 1. The van der Waals surface area contributed by atoms with Gasteiger partial charge in [-0.15, -0.1) is 0 Å². The van der Waals surface area contributed by atoms with Gasteiger partial charge in [-0.05, 0) is 18.2 Å². The van der Waals surface area contributed by atoms with E-state index in [1.165, 1.54) is 6.33 Å². The third-order valence-corrected chi connectivity index (χ3v) is 4.78. The fourth-order valence-corrected chi connectivity index (χ4v) is 3.17. The number of carboxylic acid groups (broad SMARTS) is 1. The van der Waals surface area contributed by atoms with E-state index >= 15 is 0 Å². The lowest BCUT2D eigenvalue weighted by Gasteiger charge is -2.26. The number of nitrogens with two attached hydrogens (primary N) is 2. The summed E-state index contributed by atoms with van der Waals surface area (Å²) in [7, 11) is 0. The zero-order chi connectivity index (χ0) is 23.0. The van der Waals surface area contributed by atoms with Crippen molar-refractivity contribution in [3.05, 3.63) is 24.5 Å². The van der Waals surface area contributed by atoms with E-state index < -0.39 is 12.1 Å². The lowest BCUT2D eigenvalue weighted by atomic mass is 10.0. The average Bonchev–Trinajstić information content (AvgIpc) is 3.24. The number of halogens is 3. The van der Waals surface area contributed by atoms with Gasteiger partial charge in [-0.1, -0.05) is 0 Å². The molecule has 5 rings (SSSR count). The topological polar surface area (TPSA) is 171 Å². The minimum atomic E-state index is -5.08. The molecule has 1 aliphatic heterocycles. The standard InChI is InChI=1S/C16H16N8O.C2HF3O2/c17-14-12-13(9-1-2-11-10(3-9)22-16(18)25-11)23-24(6-8-4-19-5-8)15(12)21-7-20-14;3-2(4,5)1(6)7/h1-3,7-8,19H,4-6H2,(H2,18,22)(H2,17,20,21);(H,6,7). The summed E-state index contributed by atoms with van der Waals surface area (Å²) in [5, 5.41) is 15.9. The molecule has 168 valence electrons. The molecule has 4 heterocycles. The minimum absolute atomic E-state index is 0.142. The summed E-state index contributed by atoms with van der Waals surface area (Å²) >= 11 is 0. The molecule has 0 aliphatic carbocycles. The Kier molecular flexibility index (Phi) is 5.30. The van der Waals surface area contributed by atoms with Gasteiger partial charge in [0.1, 0.15) is 23.4 Å². The third-order valence-electron chi connectivity index (χ3n) is 4.78. The molecular weight excluding hydrogens is 433 g/mol. The van der Waals surface area contributed by atoms with Crippen molar-refractivity contribution in [3.8, 4) is 11.3 Å². The number of aliphatic carboxylic acids is 1. The number of nitrogens with zero attached hydrogens (tertiary/aromatic N) is 5. The number of oxazole rings is 1. The van der Waals surface area contributed by atoms with E-state index in [0.29, 0.717) is 22.8 Å². The summed E-state index contributed by atoms with van der Waals surface area (Å²) in [5.74, 6) is -1.80. The van der Waals surface area contributed by atoms with Crippen LogP contribution < -0.4 is 16.8 Å². The fraction of sp³-hybridized carbons (Fsp3) is 0.278. The molecule has 14 heteroatoms. The summed E-state index contributed by atoms with van der Waals surface area (Å²) in [5.41, 5.74) is 15.4. The highest BCUT2D eigenvalue weighted by molar-refractivity contribution is 5.99. The molecule has 3 aromatic heterocycles. The number of anilines is 2. The molecule has 0 spiro atoms. The average molecular weight is 450 g/mol. The zero-order valence-electron chi connectivity index (χ0n) is 16.3. The monoisotopic (exact) mass is 450 g/mol. The minimum Gasteiger partial charge on any atom is -0.475 e. The zero-order valence-corrected chi connectivity index (χ0v) is 16.3. The molecule has 4 aromatic rings. The van der Waals surface area contributed by atoms with Gasteiger partial charge in [0.15, 0.2) is 11.2 Å². The van der Waals surface area contributed by atoms with Gasteiger partial charge in [-0.3, -0.25) is 0 Å². The second-order valence-corrected chi connectivity index (χ2v) is 7.05. The third kappa shape index (κ3) is 4.12. The number of hydrogen-bond acceptors (Lipinski definition) is 9. The van der Waals surface area contributed by atoms with Gasteiger partial charge in [-0.25, -0.2) is 19.4 Å². The molecule has 1 saturated heterocycles. The van der Waals surface area contributed by atoms with Crippen LogP contribution in [0.3, 0.4) is 0 Å². The molecule has 6 N–H and O–H groups in total. The van der Waals surface area contributed by atoms with Crippen molar-refractivity contribution in [2.75, 3.05) is 24.6 Å². The second-order valence-electron chi connectivity index (χ2n) is 7.05. The van der Waals surface area contributed by atoms with Gasteiger partial charge >= 0.3 is 12.1 Å². The molecule has 1 fully saturated rings. The van der Waals surface area contributed by atoms with Gasteiger partial charge in [0, 0.05) is 31.1 Å². The van der Waals surface area contributed by atoms with Crippen LogP contribution in [0.4, 0.5) is 25.0 Å². The molecule has 0 bridgehead atoms. The van der Waals surface area contributed by atoms with E-state index in [9.17, 15) is 13.2 Å². The first kappa shape index (κ1) is 21.3. The Morgan fingerprint density at radius 2 is 2.00 bits per heavy atom. The number of alkyl halides is 3. The molecule has 0 saturated carbocycles. The van der Waals surface area contributed by atoms with Crippen molar-refractivity contribution in [2.45, 2.75) is 12.7 Å². The summed E-state index contributed by atoms with van der Waals surface area (Å²) in [6.07, 6.45) is -3.61. The highest BCUT2D eigenvalue weighted by atomic mass is 19.4. The first-order chi connectivity index (χ1) is 15.1. The second kappa shape index (κ2) is 7.96. The maximum absolute atomic E-state index is 10.6. The summed E-state index contributed by atoms with van der Waals surface area (Å²) in [6, 6.07) is 5.77. The van der Waals surface area contributed by atoms with E-state index in [-0.39, 0.29) is 6.01 Å². The van der Waals surface area contributed by atoms with E-state index in [4.69, 9.17) is 30.9 Å². The first-order valence-corrected chi connectivity index (χ1v) is 9.27. The van der Waals surface area contributed by atoms with Crippen LogP contribution in [0.1, 0.15) is 0 Å². The van der Waals surface area contributed by atoms with Crippen molar-refractivity contribution in [1.29, 1.82) is 0 Å².